The van der Waals surface area contributed by atoms with Gasteiger partial charge in [0.15, 0.2) is 5.03 Å². The summed E-state index contributed by atoms with van der Waals surface area (Å²) in [5, 5.41) is 2.77. The molecule has 28 heavy (non-hydrogen) atoms. The molecule has 0 aliphatic rings. The lowest BCUT2D eigenvalue weighted by molar-refractivity contribution is -0.121. The standard InChI is InChI=1S/C20H22N4O3S/c1-24-14-18(22-15-24)28(26,27)23-13-12-21-20(25)19(16-8-4-2-5-9-16)17-10-6-3-7-11-17/h2-11,14-15,19,23H,12-13H2,1H3,(H,21,25). The lowest BCUT2D eigenvalue weighted by Gasteiger charge is -2.18. The van der Waals surface area contributed by atoms with Crippen molar-refractivity contribution < 1.29 is 13.2 Å². The van der Waals surface area contributed by atoms with Crippen molar-refractivity contribution in [2.75, 3.05) is 13.1 Å². The average molecular weight is 398 g/mol. The Morgan fingerprint density at radius 1 is 1.00 bits per heavy atom. The molecule has 0 unspecified atom stereocenters. The molecule has 7 nitrogen and oxygen atoms in total. The summed E-state index contributed by atoms with van der Waals surface area (Å²) in [7, 11) is -2.00. The van der Waals surface area contributed by atoms with Crippen LogP contribution in [0.1, 0.15) is 17.0 Å². The van der Waals surface area contributed by atoms with Crippen molar-refractivity contribution in [3.63, 3.8) is 0 Å². The second kappa shape index (κ2) is 8.81. The molecule has 3 aromatic rings. The van der Waals surface area contributed by atoms with Crippen molar-refractivity contribution in [3.8, 4) is 0 Å². The summed E-state index contributed by atoms with van der Waals surface area (Å²) >= 11 is 0. The normalized spacial score (nSPS) is 11.5. The highest BCUT2D eigenvalue weighted by Crippen LogP contribution is 2.24. The third-order valence-electron chi connectivity index (χ3n) is 4.20. The van der Waals surface area contributed by atoms with Crippen LogP contribution >= 0.6 is 0 Å². The van der Waals surface area contributed by atoms with Crippen LogP contribution in [0, 0.1) is 0 Å². The van der Waals surface area contributed by atoms with Crippen LogP contribution in [-0.2, 0) is 21.9 Å². The van der Waals surface area contributed by atoms with Gasteiger partial charge in [-0.2, -0.15) is 0 Å². The van der Waals surface area contributed by atoms with Gasteiger partial charge in [0.1, 0.15) is 0 Å². The zero-order chi connectivity index (χ0) is 20.0. The van der Waals surface area contributed by atoms with Crippen molar-refractivity contribution >= 4 is 15.9 Å². The third-order valence-corrected chi connectivity index (χ3v) is 5.55. The number of sulfonamides is 1. The zero-order valence-electron chi connectivity index (χ0n) is 15.4. The molecular weight excluding hydrogens is 376 g/mol. The van der Waals surface area contributed by atoms with Gasteiger partial charge in [0.25, 0.3) is 10.0 Å². The fourth-order valence-corrected chi connectivity index (χ4v) is 3.87. The predicted molar refractivity (Wildman–Crippen MR) is 106 cm³/mol. The quantitative estimate of drug-likeness (QED) is 0.564. The van der Waals surface area contributed by atoms with Crippen LogP contribution in [-0.4, -0.2) is 37.0 Å². The molecule has 0 saturated carbocycles. The molecule has 0 spiro atoms. The number of nitrogens with one attached hydrogen (secondary N) is 2. The molecule has 0 aliphatic heterocycles. The predicted octanol–water partition coefficient (Wildman–Crippen LogP) is 1.65. The molecule has 8 heteroatoms. The Bertz CT molecular complexity index is 978. The van der Waals surface area contributed by atoms with E-state index in [1.165, 1.54) is 12.5 Å². The Morgan fingerprint density at radius 3 is 2.07 bits per heavy atom. The number of aromatic nitrogens is 2. The molecule has 0 radical (unpaired) electrons. The first-order chi connectivity index (χ1) is 13.5. The highest BCUT2D eigenvalue weighted by molar-refractivity contribution is 7.89. The maximum atomic E-state index is 12.8. The summed E-state index contributed by atoms with van der Waals surface area (Å²) in [5.74, 6) is -0.649. The van der Waals surface area contributed by atoms with E-state index in [0.29, 0.717) is 0 Å². The van der Waals surface area contributed by atoms with Crippen LogP contribution in [0.15, 0.2) is 78.2 Å². The van der Waals surface area contributed by atoms with Crippen molar-refractivity contribution in [1.29, 1.82) is 0 Å². The van der Waals surface area contributed by atoms with Gasteiger partial charge in [-0.05, 0) is 11.1 Å². The Hall–Kier alpha value is -2.97. The lowest BCUT2D eigenvalue weighted by Crippen LogP contribution is -2.37. The minimum Gasteiger partial charge on any atom is -0.354 e. The molecule has 0 fully saturated rings. The van der Waals surface area contributed by atoms with E-state index in [1.807, 2.05) is 60.7 Å². The van der Waals surface area contributed by atoms with Crippen molar-refractivity contribution in [2.24, 2.45) is 7.05 Å². The fourth-order valence-electron chi connectivity index (χ4n) is 2.86. The highest BCUT2D eigenvalue weighted by Gasteiger charge is 2.22. The number of imidazole rings is 1. The van der Waals surface area contributed by atoms with Gasteiger partial charge in [0.2, 0.25) is 5.91 Å². The van der Waals surface area contributed by atoms with Crippen molar-refractivity contribution in [2.45, 2.75) is 10.9 Å². The molecule has 146 valence electrons. The Labute approximate surface area is 164 Å². The van der Waals surface area contributed by atoms with Gasteiger partial charge < -0.3 is 9.88 Å². The Kier molecular flexibility index (Phi) is 6.23. The second-order valence-corrected chi connectivity index (χ2v) is 8.03. The van der Waals surface area contributed by atoms with Crippen LogP contribution in [0.25, 0.3) is 0 Å². The number of amides is 1. The number of nitrogens with zero attached hydrogens (tertiary/aromatic N) is 2. The van der Waals surface area contributed by atoms with E-state index in [0.717, 1.165) is 11.1 Å². The van der Waals surface area contributed by atoms with E-state index < -0.39 is 15.9 Å². The van der Waals surface area contributed by atoms with E-state index in [9.17, 15) is 13.2 Å². The average Bonchev–Trinajstić information content (AvgIpc) is 3.15. The minimum absolute atomic E-state index is 0.0484. The molecular formula is C20H22N4O3S. The fraction of sp³-hybridized carbons (Fsp3) is 0.200. The monoisotopic (exact) mass is 398 g/mol. The van der Waals surface area contributed by atoms with Gasteiger partial charge in [0.05, 0.1) is 12.2 Å². The van der Waals surface area contributed by atoms with Gasteiger partial charge in [-0.15, -0.1) is 0 Å². The number of carbonyl (C=O) groups excluding carboxylic acids is 1. The van der Waals surface area contributed by atoms with Crippen LogP contribution in [0.2, 0.25) is 0 Å². The maximum Gasteiger partial charge on any atom is 0.259 e. The molecule has 2 N–H and O–H groups in total. The second-order valence-electron chi connectivity index (χ2n) is 6.32. The first-order valence-corrected chi connectivity index (χ1v) is 10.3. The summed E-state index contributed by atoms with van der Waals surface area (Å²) in [6.45, 7) is 0.238. The number of rotatable bonds is 8. The number of hydrogen-bond donors (Lipinski definition) is 2. The van der Waals surface area contributed by atoms with Crippen molar-refractivity contribution in [1.82, 2.24) is 19.6 Å². The summed E-state index contributed by atoms with van der Waals surface area (Å²) in [5.41, 5.74) is 1.75. The van der Waals surface area contributed by atoms with Crippen LogP contribution in [0.5, 0.6) is 0 Å². The lowest BCUT2D eigenvalue weighted by atomic mass is 9.90. The maximum absolute atomic E-state index is 12.8. The first-order valence-electron chi connectivity index (χ1n) is 8.82. The number of hydrogen-bond acceptors (Lipinski definition) is 4. The van der Waals surface area contributed by atoms with Gasteiger partial charge in [0, 0.05) is 26.3 Å². The van der Waals surface area contributed by atoms with E-state index in [2.05, 4.69) is 15.0 Å². The Morgan fingerprint density at radius 2 is 1.57 bits per heavy atom. The molecule has 2 aromatic carbocycles. The zero-order valence-corrected chi connectivity index (χ0v) is 16.3. The third kappa shape index (κ3) is 4.85. The SMILES string of the molecule is Cn1cnc(S(=O)(=O)NCCNC(=O)C(c2ccccc2)c2ccccc2)c1. The van der Waals surface area contributed by atoms with E-state index in [-0.39, 0.29) is 24.0 Å². The van der Waals surface area contributed by atoms with E-state index in [1.54, 1.807) is 11.6 Å². The van der Waals surface area contributed by atoms with Crippen LogP contribution in [0.4, 0.5) is 0 Å². The minimum atomic E-state index is -3.70. The molecule has 1 heterocycles. The summed E-state index contributed by atoms with van der Waals surface area (Å²) in [4.78, 5) is 16.7. The van der Waals surface area contributed by atoms with Gasteiger partial charge >= 0.3 is 0 Å². The molecule has 0 atom stereocenters. The van der Waals surface area contributed by atoms with Crippen molar-refractivity contribution in [3.05, 3.63) is 84.3 Å². The van der Waals surface area contributed by atoms with E-state index >= 15 is 0 Å². The molecule has 0 aliphatic carbocycles. The topological polar surface area (TPSA) is 93.1 Å². The molecule has 3 rings (SSSR count). The smallest absolute Gasteiger partial charge is 0.259 e. The number of carbonyl (C=O) groups is 1. The number of benzene rings is 2. The van der Waals surface area contributed by atoms with Gasteiger partial charge in [-0.3, -0.25) is 4.79 Å². The Balaban J connectivity index is 1.63. The first kappa shape index (κ1) is 19.8. The summed E-state index contributed by atoms with van der Waals surface area (Å²) in [6, 6.07) is 19.0. The van der Waals surface area contributed by atoms with E-state index in [4.69, 9.17) is 0 Å². The van der Waals surface area contributed by atoms with Crippen LogP contribution in [0.3, 0.4) is 0 Å². The molecule has 1 aromatic heterocycles. The van der Waals surface area contributed by atoms with Crippen LogP contribution < -0.4 is 10.0 Å². The summed E-state index contributed by atoms with van der Waals surface area (Å²) < 4.78 is 28.3. The largest absolute Gasteiger partial charge is 0.354 e. The molecule has 0 bridgehead atoms. The van der Waals surface area contributed by atoms with Gasteiger partial charge in [-0.1, -0.05) is 60.7 Å². The molecule has 1 amide bonds. The summed E-state index contributed by atoms with van der Waals surface area (Å²) in [6.07, 6.45) is 2.84. The van der Waals surface area contributed by atoms with Gasteiger partial charge in [-0.25, -0.2) is 18.1 Å². The number of aryl methyl sites for hydroxylation is 1. The highest BCUT2D eigenvalue weighted by atomic mass is 32.2. The molecule has 0 saturated heterocycles.